The zero-order valence-electron chi connectivity index (χ0n) is 11.7. The van der Waals surface area contributed by atoms with Crippen molar-refractivity contribution in [1.29, 1.82) is 0 Å². The van der Waals surface area contributed by atoms with Crippen LogP contribution in [0.1, 0.15) is 6.42 Å². The summed E-state index contributed by atoms with van der Waals surface area (Å²) in [6.45, 7) is 0.216. The van der Waals surface area contributed by atoms with E-state index in [4.69, 9.17) is 20.3 Å². The molecule has 0 fully saturated rings. The van der Waals surface area contributed by atoms with E-state index in [0.29, 0.717) is 22.4 Å². The molecule has 0 saturated carbocycles. The number of nitrogens with two attached hydrogens (primary N) is 1. The summed E-state index contributed by atoms with van der Waals surface area (Å²) in [5, 5.41) is 12.1. The summed E-state index contributed by atoms with van der Waals surface area (Å²) in [5.74, 6) is 0.710. The van der Waals surface area contributed by atoms with Gasteiger partial charge in [-0.1, -0.05) is 0 Å². The predicted octanol–water partition coefficient (Wildman–Crippen LogP) is 1.12. The van der Waals surface area contributed by atoms with Crippen LogP contribution in [0.3, 0.4) is 0 Å². The molecule has 1 aromatic carbocycles. The number of benzene rings is 1. The summed E-state index contributed by atoms with van der Waals surface area (Å²) in [4.78, 5) is 18.9. The number of nitrogen functional groups attached to an aromatic ring is 1. The molecule has 1 heterocycles. The molecule has 21 heavy (non-hydrogen) atoms. The molecule has 0 aliphatic rings. The number of hydrogen-bond donors (Lipinski definition) is 3. The number of rotatable bonds is 6. The fraction of sp³-hybridized carbons (Fsp3) is 0.308. The highest BCUT2D eigenvalue weighted by Crippen LogP contribution is 2.33. The number of carboxylic acid groups (broad SMARTS) is 1. The Bertz CT molecular complexity index is 675. The van der Waals surface area contributed by atoms with Crippen LogP contribution in [0.5, 0.6) is 11.5 Å². The number of nitrogens with one attached hydrogen (secondary N) is 1. The van der Waals surface area contributed by atoms with Crippen LogP contribution < -0.4 is 20.5 Å². The zero-order valence-corrected chi connectivity index (χ0v) is 11.7. The second-order valence-electron chi connectivity index (χ2n) is 4.23. The molecule has 0 aliphatic heterocycles. The second-order valence-corrected chi connectivity index (χ2v) is 4.23. The van der Waals surface area contributed by atoms with E-state index in [1.807, 2.05) is 0 Å². The summed E-state index contributed by atoms with van der Waals surface area (Å²) in [6.07, 6.45) is -0.0345. The third kappa shape index (κ3) is 3.22. The van der Waals surface area contributed by atoms with Crippen LogP contribution in [-0.2, 0) is 4.79 Å². The number of fused-ring (bicyclic) bond motifs is 1. The SMILES string of the molecule is COc1cc2nc(NCCC(=O)O)nc(N)c2cc1OC. The van der Waals surface area contributed by atoms with E-state index >= 15 is 0 Å². The highest BCUT2D eigenvalue weighted by molar-refractivity contribution is 5.91. The molecule has 8 nitrogen and oxygen atoms in total. The number of ether oxygens (including phenoxy) is 2. The summed E-state index contributed by atoms with van der Waals surface area (Å²) in [7, 11) is 3.06. The van der Waals surface area contributed by atoms with Crippen molar-refractivity contribution in [2.75, 3.05) is 31.8 Å². The molecule has 0 bridgehead atoms. The standard InChI is InChI=1S/C13H16N4O4/c1-20-9-5-7-8(6-10(9)21-2)16-13(17-12(7)14)15-4-3-11(18)19/h5-6H,3-4H2,1-2H3,(H,18,19)(H3,14,15,16,17). The molecular weight excluding hydrogens is 276 g/mol. The molecule has 0 radical (unpaired) electrons. The highest BCUT2D eigenvalue weighted by atomic mass is 16.5. The number of methoxy groups -OCH3 is 2. The largest absolute Gasteiger partial charge is 0.493 e. The molecule has 0 saturated heterocycles. The Morgan fingerprint density at radius 1 is 1.29 bits per heavy atom. The Labute approximate surface area is 120 Å². The lowest BCUT2D eigenvalue weighted by Crippen LogP contribution is -2.11. The van der Waals surface area contributed by atoms with E-state index in [-0.39, 0.29) is 24.7 Å². The van der Waals surface area contributed by atoms with Crippen molar-refractivity contribution in [2.24, 2.45) is 0 Å². The lowest BCUT2D eigenvalue weighted by Gasteiger charge is -2.11. The lowest BCUT2D eigenvalue weighted by molar-refractivity contribution is -0.136. The monoisotopic (exact) mass is 292 g/mol. The molecule has 1 aromatic heterocycles. The predicted molar refractivity (Wildman–Crippen MR) is 77.8 cm³/mol. The van der Waals surface area contributed by atoms with Gasteiger partial charge in [0.1, 0.15) is 5.82 Å². The van der Waals surface area contributed by atoms with Crippen molar-refractivity contribution in [3.05, 3.63) is 12.1 Å². The molecule has 2 rings (SSSR count). The first-order valence-corrected chi connectivity index (χ1v) is 6.20. The van der Waals surface area contributed by atoms with Crippen LogP contribution in [0.15, 0.2) is 12.1 Å². The Balaban J connectivity index is 2.37. The van der Waals surface area contributed by atoms with Gasteiger partial charge in [0.25, 0.3) is 0 Å². The molecule has 0 amide bonds. The summed E-state index contributed by atoms with van der Waals surface area (Å²) in [6, 6.07) is 3.39. The van der Waals surface area contributed by atoms with Gasteiger partial charge in [0.2, 0.25) is 5.95 Å². The van der Waals surface area contributed by atoms with Gasteiger partial charge in [-0.3, -0.25) is 4.79 Å². The van der Waals surface area contributed by atoms with Crippen molar-refractivity contribution in [3.8, 4) is 11.5 Å². The van der Waals surface area contributed by atoms with Gasteiger partial charge in [0.05, 0.1) is 26.2 Å². The third-order valence-electron chi connectivity index (χ3n) is 2.85. The van der Waals surface area contributed by atoms with Crippen molar-refractivity contribution in [2.45, 2.75) is 6.42 Å². The first-order chi connectivity index (χ1) is 10.0. The average Bonchev–Trinajstić information content (AvgIpc) is 2.45. The van der Waals surface area contributed by atoms with Crippen molar-refractivity contribution in [3.63, 3.8) is 0 Å². The summed E-state index contributed by atoms with van der Waals surface area (Å²) < 4.78 is 10.4. The van der Waals surface area contributed by atoms with Crippen LogP contribution in [0.25, 0.3) is 10.9 Å². The molecule has 112 valence electrons. The van der Waals surface area contributed by atoms with Gasteiger partial charge >= 0.3 is 5.97 Å². The Morgan fingerprint density at radius 2 is 1.95 bits per heavy atom. The fourth-order valence-corrected chi connectivity index (χ4v) is 1.84. The number of nitrogens with zero attached hydrogens (tertiary/aromatic N) is 2. The first kappa shape index (κ1) is 14.6. The number of carbonyl (C=O) groups is 1. The lowest BCUT2D eigenvalue weighted by atomic mass is 10.2. The molecule has 0 atom stereocenters. The first-order valence-electron chi connectivity index (χ1n) is 6.20. The second kappa shape index (κ2) is 6.12. The maximum atomic E-state index is 10.5. The third-order valence-corrected chi connectivity index (χ3v) is 2.85. The van der Waals surface area contributed by atoms with Gasteiger partial charge in [-0.05, 0) is 6.07 Å². The van der Waals surface area contributed by atoms with E-state index in [2.05, 4.69) is 15.3 Å². The number of carboxylic acids is 1. The van der Waals surface area contributed by atoms with Crippen LogP contribution in [0.4, 0.5) is 11.8 Å². The van der Waals surface area contributed by atoms with Gasteiger partial charge in [-0.15, -0.1) is 0 Å². The van der Waals surface area contributed by atoms with Crippen LogP contribution in [0, 0.1) is 0 Å². The van der Waals surface area contributed by atoms with E-state index in [0.717, 1.165) is 0 Å². The van der Waals surface area contributed by atoms with E-state index in [1.165, 1.54) is 14.2 Å². The average molecular weight is 292 g/mol. The smallest absolute Gasteiger partial charge is 0.305 e. The van der Waals surface area contributed by atoms with Crippen molar-refractivity contribution < 1.29 is 19.4 Å². The Hall–Kier alpha value is -2.77. The van der Waals surface area contributed by atoms with E-state index < -0.39 is 5.97 Å². The van der Waals surface area contributed by atoms with Gasteiger partial charge in [0, 0.05) is 18.0 Å². The topological polar surface area (TPSA) is 120 Å². The van der Waals surface area contributed by atoms with Gasteiger partial charge in [-0.25, -0.2) is 4.98 Å². The maximum Gasteiger partial charge on any atom is 0.305 e. The van der Waals surface area contributed by atoms with Crippen LogP contribution >= 0.6 is 0 Å². The van der Waals surface area contributed by atoms with Crippen molar-refractivity contribution >= 4 is 28.6 Å². The quantitative estimate of drug-likeness (QED) is 0.724. The van der Waals surface area contributed by atoms with Gasteiger partial charge < -0.3 is 25.6 Å². The molecule has 2 aromatic rings. The minimum absolute atomic E-state index is 0.0345. The molecule has 0 aliphatic carbocycles. The Morgan fingerprint density at radius 3 is 2.57 bits per heavy atom. The number of hydrogen-bond acceptors (Lipinski definition) is 7. The molecule has 4 N–H and O–H groups in total. The number of anilines is 2. The normalized spacial score (nSPS) is 10.4. The summed E-state index contributed by atoms with van der Waals surface area (Å²) >= 11 is 0. The minimum atomic E-state index is -0.900. The minimum Gasteiger partial charge on any atom is -0.493 e. The summed E-state index contributed by atoms with van der Waals surface area (Å²) in [5.41, 5.74) is 6.48. The van der Waals surface area contributed by atoms with E-state index in [9.17, 15) is 4.79 Å². The van der Waals surface area contributed by atoms with Crippen molar-refractivity contribution in [1.82, 2.24) is 9.97 Å². The molecule has 0 spiro atoms. The zero-order chi connectivity index (χ0) is 15.4. The van der Waals surface area contributed by atoms with E-state index in [1.54, 1.807) is 12.1 Å². The fourth-order valence-electron chi connectivity index (χ4n) is 1.84. The van der Waals surface area contributed by atoms with Gasteiger partial charge in [-0.2, -0.15) is 4.98 Å². The number of aromatic nitrogens is 2. The molecular formula is C13H16N4O4. The van der Waals surface area contributed by atoms with Crippen LogP contribution in [0.2, 0.25) is 0 Å². The Kier molecular flexibility index (Phi) is 4.27. The van der Waals surface area contributed by atoms with Gasteiger partial charge in [0.15, 0.2) is 11.5 Å². The maximum absolute atomic E-state index is 10.5. The highest BCUT2D eigenvalue weighted by Gasteiger charge is 2.11. The van der Waals surface area contributed by atoms with Crippen LogP contribution in [-0.4, -0.2) is 41.8 Å². The number of aliphatic carboxylic acids is 1. The molecule has 8 heteroatoms. The molecule has 0 unspecified atom stereocenters.